The van der Waals surface area contributed by atoms with E-state index in [2.05, 4.69) is 25.2 Å². The summed E-state index contributed by atoms with van der Waals surface area (Å²) >= 11 is 1.46. The van der Waals surface area contributed by atoms with Gasteiger partial charge in [-0.2, -0.15) is 4.98 Å². The molecule has 1 aliphatic heterocycles. The Morgan fingerprint density at radius 3 is 2.58 bits per heavy atom. The molecule has 1 fully saturated rings. The molecule has 1 aliphatic rings. The lowest BCUT2D eigenvalue weighted by atomic mass is 10.3. The minimum Gasteiger partial charge on any atom is -0.497 e. The number of nitrogen functional groups attached to an aromatic ring is 1. The summed E-state index contributed by atoms with van der Waals surface area (Å²) in [6.45, 7) is 2.32. The number of anilines is 3. The Morgan fingerprint density at radius 1 is 1.09 bits per heavy atom. The van der Waals surface area contributed by atoms with Gasteiger partial charge in [0.15, 0.2) is 10.6 Å². The lowest BCUT2D eigenvalue weighted by Gasteiger charge is -2.35. The van der Waals surface area contributed by atoms with E-state index in [1.54, 1.807) is 24.4 Å². The number of ether oxygens (including phenoxy) is 1. The smallest absolute Gasteiger partial charge is 0.321 e. The third-order valence-electron chi connectivity index (χ3n) is 5.37. The highest BCUT2D eigenvalue weighted by Gasteiger charge is 2.25. The number of aromatic nitrogens is 4. The van der Waals surface area contributed by atoms with Gasteiger partial charge in [0.1, 0.15) is 16.3 Å². The Balaban J connectivity index is 1.30. The number of hydrogen-bond acceptors (Lipinski definition) is 9. The van der Waals surface area contributed by atoms with Crippen LogP contribution in [0.25, 0.3) is 20.9 Å². The van der Waals surface area contributed by atoms with E-state index in [1.807, 2.05) is 36.4 Å². The van der Waals surface area contributed by atoms with Gasteiger partial charge in [-0.25, -0.2) is 14.8 Å². The van der Waals surface area contributed by atoms with E-state index in [0.29, 0.717) is 37.5 Å². The van der Waals surface area contributed by atoms with E-state index in [0.717, 1.165) is 26.8 Å². The van der Waals surface area contributed by atoms with E-state index in [1.165, 1.54) is 11.3 Å². The number of urea groups is 1. The topological polar surface area (TPSA) is 122 Å². The maximum Gasteiger partial charge on any atom is 0.321 e. The van der Waals surface area contributed by atoms with Gasteiger partial charge in [0, 0.05) is 49.8 Å². The van der Waals surface area contributed by atoms with Crippen LogP contribution in [0.15, 0.2) is 48.8 Å². The summed E-state index contributed by atoms with van der Waals surface area (Å²) in [4.78, 5) is 35.1. The third kappa shape index (κ3) is 4.35. The fourth-order valence-electron chi connectivity index (χ4n) is 3.66. The monoisotopic (exact) mass is 462 g/mol. The fourth-order valence-corrected chi connectivity index (χ4v) is 4.59. The summed E-state index contributed by atoms with van der Waals surface area (Å²) in [5.41, 5.74) is 8.35. The van der Waals surface area contributed by atoms with Gasteiger partial charge in [-0.3, -0.25) is 4.98 Å². The maximum absolute atomic E-state index is 12.7. The van der Waals surface area contributed by atoms with Gasteiger partial charge in [0.2, 0.25) is 5.95 Å². The number of amides is 2. The van der Waals surface area contributed by atoms with Crippen molar-refractivity contribution >= 4 is 45.2 Å². The second kappa shape index (κ2) is 8.87. The van der Waals surface area contributed by atoms with Crippen molar-refractivity contribution in [1.82, 2.24) is 24.8 Å². The van der Waals surface area contributed by atoms with Crippen LogP contribution in [-0.4, -0.2) is 64.2 Å². The number of hydrogen-bond donors (Lipinski definition) is 2. The summed E-state index contributed by atoms with van der Waals surface area (Å²) in [6.07, 6.45) is 3.50. The van der Waals surface area contributed by atoms with Crippen LogP contribution in [-0.2, 0) is 0 Å². The molecule has 2 amide bonds. The molecule has 5 rings (SSSR count). The fraction of sp³-hybridized carbons (Fsp3) is 0.227. The number of thiazole rings is 1. The Hall–Kier alpha value is -3.99. The van der Waals surface area contributed by atoms with Gasteiger partial charge in [-0.15, -0.1) is 0 Å². The lowest BCUT2D eigenvalue weighted by Crippen LogP contribution is -2.50. The van der Waals surface area contributed by atoms with E-state index in [4.69, 9.17) is 15.5 Å². The van der Waals surface area contributed by atoms with Crippen molar-refractivity contribution in [2.45, 2.75) is 0 Å². The first-order chi connectivity index (χ1) is 16.1. The number of pyridine rings is 1. The normalized spacial score (nSPS) is 13.8. The average molecular weight is 463 g/mol. The number of benzene rings is 1. The number of methoxy groups -OCH3 is 1. The largest absolute Gasteiger partial charge is 0.497 e. The Morgan fingerprint density at radius 2 is 1.88 bits per heavy atom. The first kappa shape index (κ1) is 20.9. The van der Waals surface area contributed by atoms with Gasteiger partial charge in [-0.1, -0.05) is 11.3 Å². The van der Waals surface area contributed by atoms with Gasteiger partial charge in [0.05, 0.1) is 7.11 Å². The van der Waals surface area contributed by atoms with Crippen molar-refractivity contribution in [2.75, 3.05) is 49.2 Å². The average Bonchev–Trinajstić information content (AvgIpc) is 3.28. The summed E-state index contributed by atoms with van der Waals surface area (Å²) in [5.74, 6) is 1.64. The predicted molar refractivity (Wildman–Crippen MR) is 129 cm³/mol. The molecule has 0 spiro atoms. The third-order valence-corrected chi connectivity index (χ3v) is 6.37. The minimum atomic E-state index is -0.139. The molecule has 0 radical (unpaired) electrons. The van der Waals surface area contributed by atoms with E-state index < -0.39 is 0 Å². The molecule has 0 bridgehead atoms. The summed E-state index contributed by atoms with van der Waals surface area (Å²) in [6, 6.07) is 10.9. The quantitative estimate of drug-likeness (QED) is 0.474. The SMILES string of the molecule is COc1ccc(NC(=O)N2CCN(c3nc(N)nc4sc(-c5cccnc5)nc34)CC2)cc1. The Bertz CT molecular complexity index is 1270. The standard InChI is InChI=1S/C22H22N8O2S/c1-32-16-6-4-15(5-7-16)25-22(31)30-11-9-29(10-12-30)18-17-20(28-21(23)27-18)33-19(26-17)14-3-2-8-24-13-14/h2-8,13H,9-12H2,1H3,(H,25,31)(H2,23,27,28). The van der Waals surface area contributed by atoms with Gasteiger partial charge < -0.3 is 25.6 Å². The van der Waals surface area contributed by atoms with Crippen LogP contribution in [0, 0.1) is 0 Å². The molecule has 1 aromatic carbocycles. The van der Waals surface area contributed by atoms with Crippen molar-refractivity contribution in [3.63, 3.8) is 0 Å². The number of nitrogens with one attached hydrogen (secondary N) is 1. The first-order valence-corrected chi connectivity index (χ1v) is 11.2. The molecule has 0 unspecified atom stereocenters. The van der Waals surface area contributed by atoms with Crippen LogP contribution in [0.1, 0.15) is 0 Å². The molecule has 33 heavy (non-hydrogen) atoms. The molecule has 4 aromatic rings. The summed E-state index contributed by atoms with van der Waals surface area (Å²) in [5, 5.41) is 3.74. The summed E-state index contributed by atoms with van der Waals surface area (Å²) in [7, 11) is 1.61. The first-order valence-electron chi connectivity index (χ1n) is 10.4. The second-order valence-corrected chi connectivity index (χ2v) is 8.43. The van der Waals surface area contributed by atoms with E-state index >= 15 is 0 Å². The number of nitrogens with zero attached hydrogens (tertiary/aromatic N) is 6. The molecular formula is C22H22N8O2S. The highest BCUT2D eigenvalue weighted by atomic mass is 32.1. The van der Waals surface area contributed by atoms with Crippen LogP contribution < -0.4 is 20.7 Å². The molecule has 4 heterocycles. The van der Waals surface area contributed by atoms with Crippen LogP contribution in [0.3, 0.4) is 0 Å². The van der Waals surface area contributed by atoms with Crippen molar-refractivity contribution in [3.05, 3.63) is 48.8 Å². The number of carbonyl (C=O) groups is 1. The van der Waals surface area contributed by atoms with E-state index in [9.17, 15) is 4.79 Å². The molecule has 3 N–H and O–H groups in total. The second-order valence-electron chi connectivity index (χ2n) is 7.45. The van der Waals surface area contributed by atoms with Crippen LogP contribution >= 0.6 is 11.3 Å². The van der Waals surface area contributed by atoms with Gasteiger partial charge >= 0.3 is 6.03 Å². The molecule has 168 valence electrons. The predicted octanol–water partition coefficient (Wildman–Crippen LogP) is 3.09. The zero-order valence-electron chi connectivity index (χ0n) is 17.9. The molecule has 3 aromatic heterocycles. The molecule has 0 saturated carbocycles. The van der Waals surface area contributed by atoms with Gasteiger partial charge in [0.25, 0.3) is 0 Å². The molecule has 10 nitrogen and oxygen atoms in total. The summed E-state index contributed by atoms with van der Waals surface area (Å²) < 4.78 is 5.15. The highest BCUT2D eigenvalue weighted by Crippen LogP contribution is 2.33. The Kier molecular flexibility index (Phi) is 5.61. The number of rotatable bonds is 4. The van der Waals surface area contributed by atoms with Crippen LogP contribution in [0.2, 0.25) is 0 Å². The highest BCUT2D eigenvalue weighted by molar-refractivity contribution is 7.21. The van der Waals surface area contributed by atoms with Crippen molar-refractivity contribution in [1.29, 1.82) is 0 Å². The minimum absolute atomic E-state index is 0.139. The van der Waals surface area contributed by atoms with E-state index in [-0.39, 0.29) is 12.0 Å². The zero-order chi connectivity index (χ0) is 22.8. The van der Waals surface area contributed by atoms with Crippen LogP contribution in [0.4, 0.5) is 22.2 Å². The van der Waals surface area contributed by atoms with Crippen molar-refractivity contribution in [3.8, 4) is 16.3 Å². The molecule has 1 saturated heterocycles. The number of nitrogens with two attached hydrogens (primary N) is 1. The number of fused-ring (bicyclic) bond motifs is 1. The number of carbonyl (C=O) groups excluding carboxylic acids is 1. The van der Waals surface area contributed by atoms with Gasteiger partial charge in [-0.05, 0) is 36.4 Å². The van der Waals surface area contributed by atoms with Crippen molar-refractivity contribution < 1.29 is 9.53 Å². The molecule has 11 heteroatoms. The number of piperazine rings is 1. The van der Waals surface area contributed by atoms with Crippen LogP contribution in [0.5, 0.6) is 5.75 Å². The zero-order valence-corrected chi connectivity index (χ0v) is 18.7. The van der Waals surface area contributed by atoms with Crippen molar-refractivity contribution in [2.24, 2.45) is 0 Å². The maximum atomic E-state index is 12.7. The Labute approximate surface area is 194 Å². The molecule has 0 atom stereocenters. The lowest BCUT2D eigenvalue weighted by molar-refractivity contribution is 0.208. The molecule has 0 aliphatic carbocycles. The molecular weight excluding hydrogens is 440 g/mol.